The lowest BCUT2D eigenvalue weighted by atomic mass is 9.84. The van der Waals surface area contributed by atoms with E-state index < -0.39 is 0 Å². The number of hydrogen-bond donors (Lipinski definition) is 2. The van der Waals surface area contributed by atoms with Gasteiger partial charge in [0.1, 0.15) is 0 Å². The van der Waals surface area contributed by atoms with Gasteiger partial charge in [0.05, 0.1) is 6.73 Å². The molecule has 0 heterocycles. The Labute approximate surface area is 92.3 Å². The Balaban J connectivity index is 2.75. The zero-order valence-electron chi connectivity index (χ0n) is 9.88. The molecule has 2 heteroatoms. The summed E-state index contributed by atoms with van der Waals surface area (Å²) < 4.78 is 0. The first-order valence-corrected chi connectivity index (χ1v) is 5.51. The van der Waals surface area contributed by atoms with Gasteiger partial charge in [0.15, 0.2) is 0 Å². The normalized spacial score (nSPS) is 11.7. The van der Waals surface area contributed by atoms with Crippen LogP contribution >= 0.6 is 0 Å². The molecule has 0 radical (unpaired) electrons. The van der Waals surface area contributed by atoms with Gasteiger partial charge >= 0.3 is 0 Å². The minimum atomic E-state index is 0.0382. The maximum absolute atomic E-state index is 8.75. The molecule has 0 aliphatic carbocycles. The molecular formula is C13H21NO. The molecule has 0 amide bonds. The van der Waals surface area contributed by atoms with Crippen LogP contribution in [0.3, 0.4) is 0 Å². The van der Waals surface area contributed by atoms with Crippen molar-refractivity contribution in [3.8, 4) is 0 Å². The van der Waals surface area contributed by atoms with Gasteiger partial charge in [0.2, 0.25) is 0 Å². The Morgan fingerprint density at radius 2 is 1.80 bits per heavy atom. The molecule has 0 aromatic heterocycles. The van der Waals surface area contributed by atoms with Crippen LogP contribution in [0.25, 0.3) is 0 Å². The van der Waals surface area contributed by atoms with E-state index in [0.29, 0.717) is 0 Å². The standard InChI is InChI=1S/C13H21NO/c1-4-11-5-7-12(8-6-11)13(2,3)9-14-10-15/h5-8,14-15H,4,9-10H2,1-3H3. The third-order valence-corrected chi connectivity index (χ3v) is 2.82. The van der Waals surface area contributed by atoms with Crippen molar-refractivity contribution in [3.63, 3.8) is 0 Å². The lowest BCUT2D eigenvalue weighted by Gasteiger charge is -2.25. The van der Waals surface area contributed by atoms with Gasteiger partial charge in [-0.2, -0.15) is 0 Å². The molecule has 1 aromatic rings. The fourth-order valence-corrected chi connectivity index (χ4v) is 1.66. The van der Waals surface area contributed by atoms with Crippen molar-refractivity contribution >= 4 is 0 Å². The largest absolute Gasteiger partial charge is 0.381 e. The molecule has 0 fully saturated rings. The SMILES string of the molecule is CCc1ccc(C(C)(C)CNCO)cc1. The number of nitrogens with one attached hydrogen (secondary N) is 1. The molecule has 0 saturated carbocycles. The van der Waals surface area contributed by atoms with Crippen LogP contribution in [0.1, 0.15) is 31.9 Å². The second-order valence-electron chi connectivity index (χ2n) is 4.52. The quantitative estimate of drug-likeness (QED) is 0.724. The van der Waals surface area contributed by atoms with E-state index in [-0.39, 0.29) is 12.1 Å². The minimum absolute atomic E-state index is 0.0382. The number of aliphatic hydroxyl groups excluding tert-OH is 1. The highest BCUT2D eigenvalue weighted by atomic mass is 16.3. The Morgan fingerprint density at radius 1 is 1.20 bits per heavy atom. The van der Waals surface area contributed by atoms with Crippen molar-refractivity contribution in [2.75, 3.05) is 13.3 Å². The number of hydrogen-bond acceptors (Lipinski definition) is 2. The van der Waals surface area contributed by atoms with E-state index in [1.54, 1.807) is 0 Å². The topological polar surface area (TPSA) is 32.3 Å². The van der Waals surface area contributed by atoms with Crippen molar-refractivity contribution < 1.29 is 5.11 Å². The van der Waals surface area contributed by atoms with E-state index in [9.17, 15) is 0 Å². The van der Waals surface area contributed by atoms with Gasteiger partial charge in [-0.1, -0.05) is 45.0 Å². The summed E-state index contributed by atoms with van der Waals surface area (Å²) in [6.45, 7) is 7.34. The fraction of sp³-hybridized carbons (Fsp3) is 0.538. The van der Waals surface area contributed by atoms with Crippen LogP contribution in [-0.2, 0) is 11.8 Å². The molecule has 0 saturated heterocycles. The predicted molar refractivity (Wildman–Crippen MR) is 63.9 cm³/mol. The third kappa shape index (κ3) is 3.33. The Bertz CT molecular complexity index is 290. The summed E-state index contributed by atoms with van der Waals surface area (Å²) in [5.41, 5.74) is 2.74. The van der Waals surface area contributed by atoms with Crippen LogP contribution in [0, 0.1) is 0 Å². The Kier molecular flexibility index (Phi) is 4.30. The summed E-state index contributed by atoms with van der Waals surface area (Å²) in [5.74, 6) is 0. The van der Waals surface area contributed by atoms with Gasteiger partial charge < -0.3 is 5.11 Å². The molecule has 15 heavy (non-hydrogen) atoms. The number of aryl methyl sites for hydroxylation is 1. The van der Waals surface area contributed by atoms with E-state index >= 15 is 0 Å². The van der Waals surface area contributed by atoms with E-state index in [2.05, 4.69) is 50.4 Å². The molecule has 2 N–H and O–H groups in total. The van der Waals surface area contributed by atoms with E-state index in [1.165, 1.54) is 11.1 Å². The molecule has 0 unspecified atom stereocenters. The molecule has 0 spiro atoms. The van der Waals surface area contributed by atoms with Crippen molar-refractivity contribution in [2.45, 2.75) is 32.6 Å². The van der Waals surface area contributed by atoms with Crippen LogP contribution in [0.4, 0.5) is 0 Å². The lowest BCUT2D eigenvalue weighted by molar-refractivity contribution is 0.247. The zero-order valence-corrected chi connectivity index (χ0v) is 9.88. The summed E-state index contributed by atoms with van der Waals surface area (Å²) in [6.07, 6.45) is 1.08. The maximum atomic E-state index is 8.75. The summed E-state index contributed by atoms with van der Waals surface area (Å²) in [4.78, 5) is 0. The minimum Gasteiger partial charge on any atom is -0.381 e. The molecule has 1 rings (SSSR count). The fourth-order valence-electron chi connectivity index (χ4n) is 1.66. The number of aliphatic hydroxyl groups is 1. The van der Waals surface area contributed by atoms with Crippen molar-refractivity contribution in [1.82, 2.24) is 5.32 Å². The summed E-state index contributed by atoms with van der Waals surface area (Å²) in [5, 5.41) is 11.7. The monoisotopic (exact) mass is 207 g/mol. The maximum Gasteiger partial charge on any atom is 0.0931 e. The number of benzene rings is 1. The molecule has 0 aliphatic rings. The first kappa shape index (κ1) is 12.2. The van der Waals surface area contributed by atoms with E-state index in [1.807, 2.05) is 0 Å². The van der Waals surface area contributed by atoms with Crippen LogP contribution in [0.15, 0.2) is 24.3 Å². The summed E-state index contributed by atoms with van der Waals surface area (Å²) in [6, 6.07) is 8.71. The molecular weight excluding hydrogens is 186 g/mol. The highest BCUT2D eigenvalue weighted by molar-refractivity contribution is 5.28. The number of rotatable bonds is 5. The zero-order chi connectivity index (χ0) is 11.3. The van der Waals surface area contributed by atoms with E-state index in [4.69, 9.17) is 5.11 Å². The molecule has 0 bridgehead atoms. The van der Waals surface area contributed by atoms with E-state index in [0.717, 1.165) is 13.0 Å². The first-order chi connectivity index (χ1) is 7.10. The molecule has 0 atom stereocenters. The second-order valence-corrected chi connectivity index (χ2v) is 4.52. The first-order valence-electron chi connectivity index (χ1n) is 5.51. The van der Waals surface area contributed by atoms with Gasteiger partial charge in [0.25, 0.3) is 0 Å². The van der Waals surface area contributed by atoms with Gasteiger partial charge in [-0.15, -0.1) is 0 Å². The molecule has 2 nitrogen and oxygen atoms in total. The van der Waals surface area contributed by atoms with Gasteiger partial charge in [-0.05, 0) is 17.5 Å². The van der Waals surface area contributed by atoms with Crippen molar-refractivity contribution in [3.05, 3.63) is 35.4 Å². The Morgan fingerprint density at radius 3 is 2.27 bits per heavy atom. The third-order valence-electron chi connectivity index (χ3n) is 2.82. The van der Waals surface area contributed by atoms with Gasteiger partial charge in [-0.3, -0.25) is 5.32 Å². The summed E-state index contributed by atoms with van der Waals surface area (Å²) in [7, 11) is 0. The van der Waals surface area contributed by atoms with Crippen LogP contribution in [-0.4, -0.2) is 18.4 Å². The highest BCUT2D eigenvalue weighted by Gasteiger charge is 2.19. The predicted octanol–water partition coefficient (Wildman–Crippen LogP) is 2.07. The van der Waals surface area contributed by atoms with Crippen LogP contribution in [0.2, 0.25) is 0 Å². The van der Waals surface area contributed by atoms with Crippen LogP contribution < -0.4 is 5.32 Å². The summed E-state index contributed by atoms with van der Waals surface area (Å²) >= 11 is 0. The van der Waals surface area contributed by atoms with Crippen molar-refractivity contribution in [2.24, 2.45) is 0 Å². The Hall–Kier alpha value is -0.860. The van der Waals surface area contributed by atoms with Gasteiger partial charge in [-0.25, -0.2) is 0 Å². The van der Waals surface area contributed by atoms with Crippen LogP contribution in [0.5, 0.6) is 0 Å². The second kappa shape index (κ2) is 5.29. The smallest absolute Gasteiger partial charge is 0.0931 e. The molecule has 84 valence electrons. The average Bonchev–Trinajstić information content (AvgIpc) is 2.26. The molecule has 1 aromatic carbocycles. The molecule has 0 aliphatic heterocycles. The highest BCUT2D eigenvalue weighted by Crippen LogP contribution is 2.22. The average molecular weight is 207 g/mol. The van der Waals surface area contributed by atoms with Crippen molar-refractivity contribution in [1.29, 1.82) is 0 Å². The van der Waals surface area contributed by atoms with Gasteiger partial charge in [0, 0.05) is 12.0 Å². The lowest BCUT2D eigenvalue weighted by Crippen LogP contribution is -2.33.